The van der Waals surface area contributed by atoms with Gasteiger partial charge in [-0.2, -0.15) is 4.98 Å². The van der Waals surface area contributed by atoms with Crippen LogP contribution in [0.1, 0.15) is 0 Å². The summed E-state index contributed by atoms with van der Waals surface area (Å²) in [5.74, 6) is 0.390. The Bertz CT molecular complexity index is 1300. The Morgan fingerprint density at radius 3 is 2.58 bits per heavy atom. The maximum absolute atomic E-state index is 12.9. The highest BCUT2D eigenvalue weighted by Crippen LogP contribution is 2.25. The van der Waals surface area contributed by atoms with Crippen molar-refractivity contribution in [3.05, 3.63) is 63.6 Å². The predicted octanol–water partition coefficient (Wildman–Crippen LogP) is 2.02. The van der Waals surface area contributed by atoms with Gasteiger partial charge in [0.15, 0.2) is 5.82 Å². The number of carbonyl (C=O) groups is 1. The highest BCUT2D eigenvalue weighted by Gasteiger charge is 2.17. The average Bonchev–Trinajstić information content (AvgIpc) is 2.93. The number of aliphatic hydroxyl groups is 1. The predicted molar refractivity (Wildman–Crippen MR) is 149 cm³/mol. The molecule has 0 spiro atoms. The fourth-order valence-electron chi connectivity index (χ4n) is 4.00. The monoisotopic (exact) mass is 586 g/mol. The number of aromatic nitrogens is 3. The zero-order valence-electron chi connectivity index (χ0n) is 21.3. The number of hydrogen-bond donors (Lipinski definition) is 3. The number of benzene rings is 1. The number of rotatable bonds is 10. The summed E-state index contributed by atoms with van der Waals surface area (Å²) in [5.41, 5.74) is 1.84. The molecular weight excluding hydrogens is 556 g/mol. The molecule has 3 N–H and O–H groups in total. The van der Waals surface area contributed by atoms with Crippen LogP contribution < -0.4 is 21.1 Å². The van der Waals surface area contributed by atoms with E-state index >= 15 is 0 Å². The molecule has 0 unspecified atom stereocenters. The van der Waals surface area contributed by atoms with Gasteiger partial charge in [0.25, 0.3) is 11.5 Å². The van der Waals surface area contributed by atoms with Crippen LogP contribution in [0.3, 0.4) is 0 Å². The van der Waals surface area contributed by atoms with Gasteiger partial charge in [-0.3, -0.25) is 19.3 Å². The number of aliphatic hydroxyl groups excluding tert-OH is 1. The molecule has 1 aromatic carbocycles. The Morgan fingerprint density at radius 1 is 1.16 bits per heavy atom. The molecule has 2 aromatic heterocycles. The largest absolute Gasteiger partial charge is 0.395 e. The van der Waals surface area contributed by atoms with Gasteiger partial charge < -0.3 is 25.2 Å². The second-order valence-corrected chi connectivity index (χ2v) is 9.52. The molecule has 0 bridgehead atoms. The molecule has 3 heterocycles. The van der Waals surface area contributed by atoms with Crippen LogP contribution in [-0.2, 0) is 16.2 Å². The summed E-state index contributed by atoms with van der Waals surface area (Å²) < 4.78 is 1.87. The van der Waals surface area contributed by atoms with E-state index in [1.807, 2.05) is 12.1 Å². The van der Waals surface area contributed by atoms with Gasteiger partial charge in [-0.25, -0.2) is 10.0 Å². The number of anilines is 5. The van der Waals surface area contributed by atoms with Crippen LogP contribution in [0, 0.1) is 0 Å². The molecule has 0 radical (unpaired) electrons. The normalized spacial score (nSPS) is 13.8. The smallest absolute Gasteiger partial charge is 0.274 e. The first-order valence-corrected chi connectivity index (χ1v) is 12.9. The fraction of sp³-hybridized carbons (Fsp3) is 0.360. The Hall–Kier alpha value is -3.52. The van der Waals surface area contributed by atoms with Crippen molar-refractivity contribution in [2.45, 2.75) is 6.54 Å². The van der Waals surface area contributed by atoms with Gasteiger partial charge in [0, 0.05) is 63.5 Å². The number of hydrogen-bond acceptors (Lipinski definition) is 10. The van der Waals surface area contributed by atoms with Crippen LogP contribution in [0.15, 0.2) is 58.1 Å². The molecule has 4 rings (SSSR count). The Kier molecular flexibility index (Phi) is 9.29. The number of β-amino-alcohol motifs (C(OH)–C–C–N with tert-alkyl or cyclic N) is 1. The van der Waals surface area contributed by atoms with Crippen LogP contribution in [-0.4, -0.2) is 89.0 Å². The number of nitrogens with one attached hydrogen (secondary N) is 2. The molecule has 38 heavy (non-hydrogen) atoms. The quantitative estimate of drug-likeness (QED) is 0.303. The number of halogens is 1. The van der Waals surface area contributed by atoms with Crippen molar-refractivity contribution in [3.63, 3.8) is 0 Å². The summed E-state index contributed by atoms with van der Waals surface area (Å²) >= 11 is 3.43. The van der Waals surface area contributed by atoms with Crippen molar-refractivity contribution in [1.29, 1.82) is 0 Å². The number of hydroxylamine groups is 2. The maximum atomic E-state index is 12.9. The summed E-state index contributed by atoms with van der Waals surface area (Å²) in [6.45, 7) is 4.42. The van der Waals surface area contributed by atoms with Gasteiger partial charge in [-0.05, 0) is 52.3 Å². The third-order valence-corrected chi connectivity index (χ3v) is 6.81. The van der Waals surface area contributed by atoms with Gasteiger partial charge in [0.1, 0.15) is 12.2 Å². The molecule has 3 aromatic rings. The van der Waals surface area contributed by atoms with Crippen molar-refractivity contribution in [1.82, 2.24) is 24.5 Å². The van der Waals surface area contributed by atoms with Gasteiger partial charge in [0.05, 0.1) is 18.2 Å². The zero-order valence-corrected chi connectivity index (χ0v) is 22.9. The van der Waals surface area contributed by atoms with E-state index in [0.717, 1.165) is 42.6 Å². The number of nitrogens with zero attached hydrogens (tertiary/aromatic N) is 6. The summed E-state index contributed by atoms with van der Waals surface area (Å²) in [6.07, 6.45) is 3.13. The van der Waals surface area contributed by atoms with Gasteiger partial charge >= 0.3 is 0 Å². The lowest BCUT2D eigenvalue weighted by Gasteiger charge is -2.35. The van der Waals surface area contributed by atoms with Crippen molar-refractivity contribution in [2.24, 2.45) is 0 Å². The summed E-state index contributed by atoms with van der Waals surface area (Å²) in [4.78, 5) is 43.4. The lowest BCUT2D eigenvalue weighted by Crippen LogP contribution is -2.47. The first kappa shape index (κ1) is 27.5. The molecule has 12 nitrogen and oxygen atoms in total. The average molecular weight is 587 g/mol. The molecule has 1 saturated heterocycles. The summed E-state index contributed by atoms with van der Waals surface area (Å²) in [5, 5.41) is 16.4. The lowest BCUT2D eigenvalue weighted by atomic mass is 10.2. The molecule has 1 fully saturated rings. The molecule has 0 atom stereocenters. The SMILES string of the molecule is CON(C)C(=O)Cn1cccc(Nc2nc(Nc3ccc(N4CCN(CCO)CC4)cc3)ncc2Br)c1=O. The first-order chi connectivity index (χ1) is 18.4. The van der Waals surface area contributed by atoms with Crippen LogP contribution >= 0.6 is 15.9 Å². The van der Waals surface area contributed by atoms with Crippen molar-refractivity contribution in [2.75, 3.05) is 69.0 Å². The highest BCUT2D eigenvalue weighted by molar-refractivity contribution is 9.10. The van der Waals surface area contributed by atoms with Gasteiger partial charge in [-0.15, -0.1) is 0 Å². The lowest BCUT2D eigenvalue weighted by molar-refractivity contribution is -0.169. The van der Waals surface area contributed by atoms with Crippen LogP contribution in [0.5, 0.6) is 0 Å². The highest BCUT2D eigenvalue weighted by atomic mass is 79.9. The summed E-state index contributed by atoms with van der Waals surface area (Å²) in [7, 11) is 2.87. The van der Waals surface area contributed by atoms with Crippen molar-refractivity contribution >= 4 is 50.7 Å². The van der Waals surface area contributed by atoms with E-state index in [0.29, 0.717) is 22.8 Å². The van der Waals surface area contributed by atoms with E-state index in [2.05, 4.69) is 58.5 Å². The molecule has 0 aliphatic carbocycles. The van der Waals surface area contributed by atoms with Crippen LogP contribution in [0.25, 0.3) is 0 Å². The topological polar surface area (TPSA) is 128 Å². The van der Waals surface area contributed by atoms with E-state index in [-0.39, 0.29) is 30.3 Å². The van der Waals surface area contributed by atoms with E-state index in [1.165, 1.54) is 24.9 Å². The van der Waals surface area contributed by atoms with E-state index in [1.54, 1.807) is 18.3 Å². The molecule has 13 heteroatoms. The summed E-state index contributed by atoms with van der Waals surface area (Å²) in [6, 6.07) is 11.3. The zero-order chi connectivity index (χ0) is 27.1. The molecule has 0 saturated carbocycles. The minimum absolute atomic E-state index is 0.162. The third kappa shape index (κ3) is 6.86. The Labute approximate surface area is 228 Å². The second kappa shape index (κ2) is 12.8. The molecule has 1 aliphatic rings. The number of pyridine rings is 1. The fourth-order valence-corrected chi connectivity index (χ4v) is 4.29. The number of carbonyl (C=O) groups excluding carboxylic acids is 1. The van der Waals surface area contributed by atoms with Gasteiger partial charge in [0.2, 0.25) is 5.95 Å². The van der Waals surface area contributed by atoms with E-state index < -0.39 is 0 Å². The minimum Gasteiger partial charge on any atom is -0.395 e. The third-order valence-electron chi connectivity index (χ3n) is 6.23. The van der Waals surface area contributed by atoms with Crippen molar-refractivity contribution < 1.29 is 14.7 Å². The van der Waals surface area contributed by atoms with E-state index in [4.69, 9.17) is 9.94 Å². The van der Waals surface area contributed by atoms with Gasteiger partial charge in [-0.1, -0.05) is 0 Å². The molecule has 1 aliphatic heterocycles. The molecule has 202 valence electrons. The Balaban J connectivity index is 1.42. The first-order valence-electron chi connectivity index (χ1n) is 12.1. The molecule has 1 amide bonds. The minimum atomic E-state index is -0.377. The number of amides is 1. The maximum Gasteiger partial charge on any atom is 0.274 e. The standard InChI is InChI=1S/C25H31BrN8O4/c1-31(38-2)22(36)17-34-9-3-4-21(24(34)37)29-23-20(26)16-27-25(30-23)28-18-5-7-19(8-6-18)33-12-10-32(11-13-33)14-15-35/h3-9,16,35H,10-15,17H2,1-2H3,(H2,27,28,29,30). The van der Waals surface area contributed by atoms with Crippen LogP contribution in [0.2, 0.25) is 0 Å². The van der Waals surface area contributed by atoms with Crippen LogP contribution in [0.4, 0.5) is 28.8 Å². The number of likely N-dealkylation sites (N-methyl/N-ethyl adjacent to an activating group) is 1. The van der Waals surface area contributed by atoms with E-state index in [9.17, 15) is 9.59 Å². The molecular formula is C25H31BrN8O4. The number of piperazine rings is 1. The Morgan fingerprint density at radius 2 is 1.89 bits per heavy atom. The van der Waals surface area contributed by atoms with Crippen molar-refractivity contribution in [3.8, 4) is 0 Å². The second-order valence-electron chi connectivity index (χ2n) is 8.67.